The fourth-order valence-corrected chi connectivity index (χ4v) is 4.67. The maximum Gasteiger partial charge on any atom is 0.417 e. The van der Waals surface area contributed by atoms with Crippen LogP contribution in [0, 0.1) is 0 Å². The van der Waals surface area contributed by atoms with E-state index in [1.54, 1.807) is 7.11 Å². The number of oxazole rings is 1. The summed E-state index contributed by atoms with van der Waals surface area (Å²) in [5.41, 5.74) is 2.53. The van der Waals surface area contributed by atoms with Crippen molar-refractivity contribution in [3.63, 3.8) is 0 Å². The third-order valence-electron chi connectivity index (χ3n) is 4.72. The first-order chi connectivity index (χ1) is 12.9. The van der Waals surface area contributed by atoms with Crippen LogP contribution in [0.5, 0.6) is 11.5 Å². The van der Waals surface area contributed by atoms with Crippen LogP contribution < -0.4 is 20.0 Å². The van der Waals surface area contributed by atoms with Crippen LogP contribution in [0.3, 0.4) is 0 Å². The largest absolute Gasteiger partial charge is 0.493 e. The summed E-state index contributed by atoms with van der Waals surface area (Å²) < 4.78 is 44.0. The molecule has 1 aliphatic carbocycles. The van der Waals surface area contributed by atoms with E-state index in [1.165, 1.54) is 25.3 Å². The summed E-state index contributed by atoms with van der Waals surface area (Å²) in [6, 6.07) is 7.58. The highest BCUT2D eigenvalue weighted by Crippen LogP contribution is 2.39. The molecular weight excluding hydrogens is 372 g/mol. The fraction of sp³-hybridized carbons (Fsp3) is 0.278. The van der Waals surface area contributed by atoms with Gasteiger partial charge in [0.25, 0.3) is 0 Å². The third kappa shape index (κ3) is 3.08. The number of hydrogen-bond acceptors (Lipinski definition) is 6. The molecule has 0 aliphatic heterocycles. The molecule has 1 aliphatic rings. The van der Waals surface area contributed by atoms with Gasteiger partial charge >= 0.3 is 5.76 Å². The normalized spacial score (nSPS) is 16.4. The number of nitrogens with one attached hydrogen (secondary N) is 2. The molecule has 142 valence electrons. The van der Waals surface area contributed by atoms with Crippen LogP contribution in [0.1, 0.15) is 23.6 Å². The number of fused-ring (bicyclic) bond motifs is 2. The van der Waals surface area contributed by atoms with Crippen LogP contribution in [-0.2, 0) is 16.4 Å². The topological polar surface area (TPSA) is 111 Å². The van der Waals surface area contributed by atoms with Gasteiger partial charge in [-0.3, -0.25) is 4.98 Å². The van der Waals surface area contributed by atoms with Crippen molar-refractivity contribution in [2.24, 2.45) is 0 Å². The smallest absolute Gasteiger partial charge is 0.417 e. The predicted molar refractivity (Wildman–Crippen MR) is 97.8 cm³/mol. The Morgan fingerprint density at radius 2 is 1.89 bits per heavy atom. The molecule has 0 saturated heterocycles. The van der Waals surface area contributed by atoms with Crippen LogP contribution >= 0.6 is 0 Å². The molecule has 9 heteroatoms. The Morgan fingerprint density at radius 1 is 1.15 bits per heavy atom. The third-order valence-corrected chi connectivity index (χ3v) is 6.19. The molecule has 0 radical (unpaired) electrons. The lowest BCUT2D eigenvalue weighted by Crippen LogP contribution is -2.27. The molecule has 1 atom stereocenters. The van der Waals surface area contributed by atoms with Gasteiger partial charge in [0.05, 0.1) is 24.6 Å². The van der Waals surface area contributed by atoms with Gasteiger partial charge < -0.3 is 13.9 Å². The van der Waals surface area contributed by atoms with Crippen LogP contribution in [0.2, 0.25) is 0 Å². The van der Waals surface area contributed by atoms with Gasteiger partial charge in [-0.15, -0.1) is 0 Å². The number of methoxy groups -OCH3 is 2. The quantitative estimate of drug-likeness (QED) is 0.690. The molecule has 2 aromatic carbocycles. The van der Waals surface area contributed by atoms with Gasteiger partial charge in [-0.05, 0) is 48.2 Å². The van der Waals surface area contributed by atoms with Crippen molar-refractivity contribution < 1.29 is 22.3 Å². The van der Waals surface area contributed by atoms with Crippen molar-refractivity contribution in [3.8, 4) is 11.5 Å². The minimum Gasteiger partial charge on any atom is -0.493 e. The van der Waals surface area contributed by atoms with Crippen molar-refractivity contribution >= 4 is 21.1 Å². The van der Waals surface area contributed by atoms with Gasteiger partial charge in [-0.2, -0.15) is 0 Å². The molecule has 0 fully saturated rings. The van der Waals surface area contributed by atoms with E-state index in [0.717, 1.165) is 17.5 Å². The van der Waals surface area contributed by atoms with Gasteiger partial charge in [0.2, 0.25) is 10.0 Å². The van der Waals surface area contributed by atoms with E-state index >= 15 is 0 Å². The summed E-state index contributed by atoms with van der Waals surface area (Å²) in [6.45, 7) is 0. The van der Waals surface area contributed by atoms with Crippen molar-refractivity contribution in [3.05, 3.63) is 52.0 Å². The zero-order chi connectivity index (χ0) is 19.2. The molecule has 1 heterocycles. The number of aryl methyl sites for hydroxylation is 1. The predicted octanol–water partition coefficient (Wildman–Crippen LogP) is 2.10. The van der Waals surface area contributed by atoms with Crippen LogP contribution in [0.15, 0.2) is 44.4 Å². The molecule has 27 heavy (non-hydrogen) atoms. The molecule has 1 unspecified atom stereocenters. The van der Waals surface area contributed by atoms with Crippen LogP contribution in [0.4, 0.5) is 0 Å². The monoisotopic (exact) mass is 390 g/mol. The molecule has 0 amide bonds. The van der Waals surface area contributed by atoms with E-state index in [2.05, 4.69) is 9.71 Å². The first-order valence-corrected chi connectivity index (χ1v) is 9.79. The molecule has 8 nitrogen and oxygen atoms in total. The minimum absolute atomic E-state index is 0.0340. The molecule has 0 saturated carbocycles. The zero-order valence-corrected chi connectivity index (χ0v) is 15.6. The lowest BCUT2D eigenvalue weighted by Gasteiger charge is -2.16. The Kier molecular flexibility index (Phi) is 4.20. The highest BCUT2D eigenvalue weighted by Gasteiger charge is 2.29. The summed E-state index contributed by atoms with van der Waals surface area (Å²) in [5, 5.41) is 0. The lowest BCUT2D eigenvalue weighted by molar-refractivity contribution is 0.354. The Morgan fingerprint density at radius 3 is 2.63 bits per heavy atom. The van der Waals surface area contributed by atoms with E-state index in [0.29, 0.717) is 23.4 Å². The van der Waals surface area contributed by atoms with Gasteiger partial charge in [-0.25, -0.2) is 17.9 Å². The van der Waals surface area contributed by atoms with E-state index in [4.69, 9.17) is 13.9 Å². The van der Waals surface area contributed by atoms with Crippen LogP contribution in [0.25, 0.3) is 11.1 Å². The highest BCUT2D eigenvalue weighted by molar-refractivity contribution is 7.89. The van der Waals surface area contributed by atoms with Crippen molar-refractivity contribution in [1.82, 2.24) is 9.71 Å². The highest BCUT2D eigenvalue weighted by atomic mass is 32.2. The van der Waals surface area contributed by atoms with Gasteiger partial charge in [0.1, 0.15) is 0 Å². The van der Waals surface area contributed by atoms with E-state index < -0.39 is 15.8 Å². The van der Waals surface area contributed by atoms with Crippen LogP contribution in [-0.4, -0.2) is 27.6 Å². The van der Waals surface area contributed by atoms with Gasteiger partial charge in [-0.1, -0.05) is 0 Å². The van der Waals surface area contributed by atoms with Crippen molar-refractivity contribution in [1.29, 1.82) is 0 Å². The number of H-pyrrole nitrogens is 1. The first-order valence-electron chi connectivity index (χ1n) is 8.31. The summed E-state index contributed by atoms with van der Waals surface area (Å²) in [4.78, 5) is 13.8. The Balaban J connectivity index is 1.67. The second-order valence-electron chi connectivity index (χ2n) is 6.29. The van der Waals surface area contributed by atoms with Gasteiger partial charge in [0, 0.05) is 12.1 Å². The number of rotatable bonds is 5. The summed E-state index contributed by atoms with van der Waals surface area (Å²) in [7, 11) is -0.698. The van der Waals surface area contributed by atoms with E-state index in [-0.39, 0.29) is 16.5 Å². The lowest BCUT2D eigenvalue weighted by atomic mass is 10.1. The molecule has 0 spiro atoms. The summed E-state index contributed by atoms with van der Waals surface area (Å²) in [6.07, 6.45) is 1.36. The van der Waals surface area contributed by atoms with Crippen molar-refractivity contribution in [2.45, 2.75) is 23.8 Å². The average Bonchev–Trinajstić information content (AvgIpc) is 3.21. The zero-order valence-electron chi connectivity index (χ0n) is 14.7. The molecule has 0 bridgehead atoms. The molecular formula is C18H18N2O6S. The molecule has 4 rings (SSSR count). The number of sulfonamides is 1. The minimum atomic E-state index is -3.80. The van der Waals surface area contributed by atoms with E-state index in [1.807, 2.05) is 12.1 Å². The van der Waals surface area contributed by atoms with E-state index in [9.17, 15) is 13.2 Å². The standard InChI is InChI=1S/C18H18N2O6S/c1-24-16-7-10-3-5-13(12(10)9-17(16)25-2)20-27(22,23)11-4-6-14-15(8-11)26-18(21)19-14/h4,6-9,13,20H,3,5H2,1-2H3,(H,19,21). The Bertz CT molecular complexity index is 1180. The van der Waals surface area contributed by atoms with Crippen molar-refractivity contribution in [2.75, 3.05) is 14.2 Å². The molecule has 1 aromatic heterocycles. The second-order valence-corrected chi connectivity index (χ2v) is 8.01. The SMILES string of the molecule is COc1cc2c(cc1OC)C(NS(=O)(=O)c1ccc3[nH]c(=O)oc3c1)CC2. The Hall–Kier alpha value is -2.78. The number of aromatic nitrogens is 1. The molecule has 3 aromatic rings. The number of ether oxygens (including phenoxy) is 2. The average molecular weight is 390 g/mol. The number of benzene rings is 2. The fourth-order valence-electron chi connectivity index (χ4n) is 3.40. The summed E-state index contributed by atoms with van der Waals surface area (Å²) in [5.74, 6) is 0.545. The Labute approximate surface area is 155 Å². The van der Waals surface area contributed by atoms with Gasteiger partial charge in [0.15, 0.2) is 17.1 Å². The summed E-state index contributed by atoms with van der Waals surface area (Å²) >= 11 is 0. The number of hydrogen-bond donors (Lipinski definition) is 2. The second kappa shape index (κ2) is 6.43. The first kappa shape index (κ1) is 17.6. The maximum atomic E-state index is 12.8. The molecule has 2 N–H and O–H groups in total. The number of aromatic amines is 1. The maximum absolute atomic E-state index is 12.8.